The SMILES string of the molecule is Cc1nc2ccccc2n1CCNC(=O)[C@H]1CC(=O)N([C@@H](C)c2ccccc2)C1. The van der Waals surface area contributed by atoms with Gasteiger partial charge in [0.2, 0.25) is 11.8 Å². The number of para-hydroxylation sites is 2. The van der Waals surface area contributed by atoms with Gasteiger partial charge < -0.3 is 14.8 Å². The van der Waals surface area contributed by atoms with Crippen LogP contribution in [0.3, 0.4) is 0 Å². The highest BCUT2D eigenvalue weighted by Crippen LogP contribution is 2.28. The van der Waals surface area contributed by atoms with Gasteiger partial charge in [0, 0.05) is 26.1 Å². The minimum atomic E-state index is -0.297. The lowest BCUT2D eigenvalue weighted by Crippen LogP contribution is -2.35. The van der Waals surface area contributed by atoms with Gasteiger partial charge in [-0.1, -0.05) is 42.5 Å². The molecule has 0 aliphatic carbocycles. The van der Waals surface area contributed by atoms with Gasteiger partial charge in [-0.2, -0.15) is 0 Å². The summed E-state index contributed by atoms with van der Waals surface area (Å²) in [5.74, 6) is 0.620. The second-order valence-electron chi connectivity index (χ2n) is 7.62. The third-order valence-corrected chi connectivity index (χ3v) is 5.76. The van der Waals surface area contributed by atoms with Crippen molar-refractivity contribution in [1.82, 2.24) is 19.8 Å². The van der Waals surface area contributed by atoms with Crippen LogP contribution in [0.15, 0.2) is 54.6 Å². The maximum Gasteiger partial charge on any atom is 0.225 e. The molecule has 1 aliphatic rings. The lowest BCUT2D eigenvalue weighted by Gasteiger charge is -2.25. The Hall–Kier alpha value is -3.15. The number of rotatable bonds is 6. The topological polar surface area (TPSA) is 67.2 Å². The van der Waals surface area contributed by atoms with Crippen molar-refractivity contribution in [3.63, 3.8) is 0 Å². The number of amides is 2. The molecule has 150 valence electrons. The zero-order valence-electron chi connectivity index (χ0n) is 16.8. The average molecular weight is 390 g/mol. The maximum absolute atomic E-state index is 12.7. The zero-order valence-corrected chi connectivity index (χ0v) is 16.8. The van der Waals surface area contributed by atoms with Crippen molar-refractivity contribution in [1.29, 1.82) is 0 Å². The molecule has 0 radical (unpaired) electrons. The summed E-state index contributed by atoms with van der Waals surface area (Å²) in [6, 6.07) is 17.9. The number of hydrogen-bond donors (Lipinski definition) is 1. The Balaban J connectivity index is 1.34. The van der Waals surface area contributed by atoms with E-state index in [0.29, 0.717) is 19.6 Å². The van der Waals surface area contributed by atoms with Gasteiger partial charge in [0.25, 0.3) is 0 Å². The van der Waals surface area contributed by atoms with E-state index >= 15 is 0 Å². The molecule has 0 bridgehead atoms. The Morgan fingerprint density at radius 1 is 1.17 bits per heavy atom. The molecule has 2 atom stereocenters. The molecule has 6 heteroatoms. The zero-order chi connectivity index (χ0) is 20.4. The van der Waals surface area contributed by atoms with Crippen LogP contribution in [-0.4, -0.2) is 39.4 Å². The van der Waals surface area contributed by atoms with E-state index in [-0.39, 0.29) is 30.2 Å². The number of nitrogens with one attached hydrogen (secondary N) is 1. The van der Waals surface area contributed by atoms with Crippen molar-refractivity contribution in [3.05, 3.63) is 66.0 Å². The summed E-state index contributed by atoms with van der Waals surface area (Å²) in [5.41, 5.74) is 3.12. The standard InChI is InChI=1S/C23H26N4O2/c1-16(18-8-4-3-5-9-18)27-15-19(14-22(27)28)23(29)24-12-13-26-17(2)25-20-10-6-7-11-21(20)26/h3-11,16,19H,12-15H2,1-2H3,(H,24,29)/t16-,19-/m0/s1. The molecule has 1 aromatic heterocycles. The second-order valence-corrected chi connectivity index (χ2v) is 7.62. The van der Waals surface area contributed by atoms with Gasteiger partial charge in [0.1, 0.15) is 5.82 Å². The number of imidazole rings is 1. The maximum atomic E-state index is 12.7. The monoisotopic (exact) mass is 390 g/mol. The molecule has 1 fully saturated rings. The number of aromatic nitrogens is 2. The van der Waals surface area contributed by atoms with Crippen LogP contribution in [0.5, 0.6) is 0 Å². The predicted octanol–water partition coefficient (Wildman–Crippen LogP) is 3.07. The molecule has 2 heterocycles. The molecule has 6 nitrogen and oxygen atoms in total. The van der Waals surface area contributed by atoms with Gasteiger partial charge in [-0.25, -0.2) is 4.98 Å². The Kier molecular flexibility index (Phi) is 5.34. The smallest absolute Gasteiger partial charge is 0.225 e. The summed E-state index contributed by atoms with van der Waals surface area (Å²) in [5, 5.41) is 3.01. The number of carbonyl (C=O) groups is 2. The van der Waals surface area contributed by atoms with Crippen molar-refractivity contribution in [2.24, 2.45) is 5.92 Å². The highest BCUT2D eigenvalue weighted by molar-refractivity contribution is 5.89. The molecular weight excluding hydrogens is 364 g/mol. The summed E-state index contributed by atoms with van der Waals surface area (Å²) in [4.78, 5) is 31.5. The highest BCUT2D eigenvalue weighted by Gasteiger charge is 2.36. The van der Waals surface area contributed by atoms with E-state index in [9.17, 15) is 9.59 Å². The van der Waals surface area contributed by atoms with Crippen LogP contribution in [0.1, 0.15) is 30.8 Å². The number of nitrogens with zero attached hydrogens (tertiary/aromatic N) is 3. The average Bonchev–Trinajstić information content (AvgIpc) is 3.28. The van der Waals surface area contributed by atoms with Gasteiger partial charge in [0.05, 0.1) is 23.0 Å². The number of benzene rings is 2. The summed E-state index contributed by atoms with van der Waals surface area (Å²) in [6.45, 7) is 5.62. The molecule has 0 unspecified atom stereocenters. The summed E-state index contributed by atoms with van der Waals surface area (Å²) >= 11 is 0. The fourth-order valence-electron chi connectivity index (χ4n) is 4.11. The predicted molar refractivity (Wildman–Crippen MR) is 112 cm³/mol. The fraction of sp³-hybridized carbons (Fsp3) is 0.348. The van der Waals surface area contributed by atoms with Gasteiger partial charge in [-0.15, -0.1) is 0 Å². The molecule has 1 aliphatic heterocycles. The fourth-order valence-corrected chi connectivity index (χ4v) is 4.11. The number of aryl methyl sites for hydroxylation is 1. The van der Waals surface area contributed by atoms with E-state index in [1.807, 2.05) is 73.3 Å². The molecule has 1 saturated heterocycles. The highest BCUT2D eigenvalue weighted by atomic mass is 16.2. The van der Waals surface area contributed by atoms with Crippen molar-refractivity contribution >= 4 is 22.8 Å². The number of carbonyl (C=O) groups excluding carboxylic acids is 2. The lowest BCUT2D eigenvalue weighted by atomic mass is 10.1. The summed E-state index contributed by atoms with van der Waals surface area (Å²) in [7, 11) is 0. The Bertz CT molecular complexity index is 1030. The van der Waals surface area contributed by atoms with E-state index in [4.69, 9.17) is 0 Å². The van der Waals surface area contributed by atoms with Gasteiger partial charge in [-0.05, 0) is 31.5 Å². The largest absolute Gasteiger partial charge is 0.354 e. The van der Waals surface area contributed by atoms with Crippen LogP contribution in [0.4, 0.5) is 0 Å². The molecule has 0 saturated carbocycles. The van der Waals surface area contributed by atoms with Crippen LogP contribution < -0.4 is 5.32 Å². The van der Waals surface area contributed by atoms with Crippen LogP contribution in [-0.2, 0) is 16.1 Å². The molecule has 0 spiro atoms. The molecule has 1 N–H and O–H groups in total. The molecule has 3 aromatic rings. The third-order valence-electron chi connectivity index (χ3n) is 5.76. The minimum absolute atomic E-state index is 0.0264. The molecule has 29 heavy (non-hydrogen) atoms. The van der Waals surface area contributed by atoms with Gasteiger partial charge >= 0.3 is 0 Å². The third kappa shape index (κ3) is 3.88. The molecular formula is C23H26N4O2. The van der Waals surface area contributed by atoms with Crippen molar-refractivity contribution in [2.45, 2.75) is 32.9 Å². The second kappa shape index (κ2) is 8.07. The van der Waals surface area contributed by atoms with E-state index in [0.717, 1.165) is 22.4 Å². The molecule has 4 rings (SSSR count). The van der Waals surface area contributed by atoms with Crippen LogP contribution in [0.2, 0.25) is 0 Å². The Morgan fingerprint density at radius 2 is 1.90 bits per heavy atom. The summed E-state index contributed by atoms with van der Waals surface area (Å²) < 4.78 is 2.11. The van der Waals surface area contributed by atoms with Crippen molar-refractivity contribution in [3.8, 4) is 0 Å². The van der Waals surface area contributed by atoms with E-state index in [1.54, 1.807) is 0 Å². The lowest BCUT2D eigenvalue weighted by molar-refractivity contribution is -0.130. The van der Waals surface area contributed by atoms with Crippen LogP contribution in [0, 0.1) is 12.8 Å². The molecule has 2 amide bonds. The minimum Gasteiger partial charge on any atom is -0.354 e. The first-order valence-electron chi connectivity index (χ1n) is 10.1. The first-order chi connectivity index (χ1) is 14.0. The Morgan fingerprint density at radius 3 is 2.69 bits per heavy atom. The van der Waals surface area contributed by atoms with E-state index in [1.165, 1.54) is 0 Å². The van der Waals surface area contributed by atoms with Crippen LogP contribution in [0.25, 0.3) is 11.0 Å². The number of likely N-dealkylation sites (tertiary alicyclic amines) is 1. The summed E-state index contributed by atoms with van der Waals surface area (Å²) in [6.07, 6.45) is 0.274. The van der Waals surface area contributed by atoms with Crippen molar-refractivity contribution < 1.29 is 9.59 Å². The first-order valence-corrected chi connectivity index (χ1v) is 10.1. The normalized spacial score (nSPS) is 17.7. The Labute approximate surface area is 170 Å². The first kappa shape index (κ1) is 19.2. The quantitative estimate of drug-likeness (QED) is 0.703. The van der Waals surface area contributed by atoms with Crippen molar-refractivity contribution in [2.75, 3.05) is 13.1 Å². The van der Waals surface area contributed by atoms with Gasteiger partial charge in [0.15, 0.2) is 0 Å². The van der Waals surface area contributed by atoms with E-state index in [2.05, 4.69) is 14.9 Å². The number of fused-ring (bicyclic) bond motifs is 1. The van der Waals surface area contributed by atoms with E-state index < -0.39 is 0 Å². The van der Waals surface area contributed by atoms with Gasteiger partial charge in [-0.3, -0.25) is 9.59 Å². The van der Waals surface area contributed by atoms with Crippen LogP contribution >= 0.6 is 0 Å². The number of hydrogen-bond acceptors (Lipinski definition) is 3. The molecule has 2 aromatic carbocycles.